The van der Waals surface area contributed by atoms with Crippen LogP contribution in [0.4, 0.5) is 5.69 Å². The van der Waals surface area contributed by atoms with Crippen molar-refractivity contribution in [3.05, 3.63) is 29.8 Å². The Kier molecular flexibility index (Phi) is 5.37. The first kappa shape index (κ1) is 13.1. The zero-order valence-electron chi connectivity index (χ0n) is 11.1. The summed E-state index contributed by atoms with van der Waals surface area (Å²) in [5, 5.41) is 3.54. The van der Waals surface area contributed by atoms with E-state index in [0.717, 1.165) is 12.5 Å². The predicted octanol–water partition coefficient (Wildman–Crippen LogP) is 4.66. The van der Waals surface area contributed by atoms with Crippen LogP contribution in [0.25, 0.3) is 0 Å². The van der Waals surface area contributed by atoms with Crippen molar-refractivity contribution in [3.8, 4) is 0 Å². The van der Waals surface area contributed by atoms with E-state index in [4.69, 9.17) is 0 Å². The van der Waals surface area contributed by atoms with E-state index >= 15 is 0 Å². The Labute approximate surface area is 100 Å². The molecule has 0 saturated carbocycles. The van der Waals surface area contributed by atoms with Gasteiger partial charge in [0.05, 0.1) is 0 Å². The summed E-state index contributed by atoms with van der Waals surface area (Å²) in [6.45, 7) is 10.1. The average Bonchev–Trinajstić information content (AvgIpc) is 2.31. The molecular formula is C15H25N. The topological polar surface area (TPSA) is 12.0 Å². The fourth-order valence-corrected chi connectivity index (χ4v) is 1.85. The fraction of sp³-hybridized carbons (Fsp3) is 0.600. The molecule has 0 radical (unpaired) electrons. The normalized spacial score (nSPS) is 11.1. The standard InChI is InChI=1S/C15H25N/c1-5-13(6-2)11-16-15-9-7-8-14(10-15)12(3)4/h7-10,12-13,16H,5-6,11H2,1-4H3. The van der Waals surface area contributed by atoms with Crippen molar-refractivity contribution in [2.24, 2.45) is 5.92 Å². The Morgan fingerprint density at radius 2 is 1.81 bits per heavy atom. The molecule has 0 spiro atoms. The minimum atomic E-state index is 0.606. The molecule has 1 N–H and O–H groups in total. The molecule has 1 nitrogen and oxygen atoms in total. The highest BCUT2D eigenvalue weighted by Crippen LogP contribution is 2.19. The van der Waals surface area contributed by atoms with Gasteiger partial charge in [-0.2, -0.15) is 0 Å². The molecule has 0 bridgehead atoms. The minimum Gasteiger partial charge on any atom is -0.385 e. The molecule has 1 aromatic carbocycles. The lowest BCUT2D eigenvalue weighted by Crippen LogP contribution is -2.12. The summed E-state index contributed by atoms with van der Waals surface area (Å²) in [6.07, 6.45) is 2.51. The van der Waals surface area contributed by atoms with Gasteiger partial charge in [0.25, 0.3) is 0 Å². The van der Waals surface area contributed by atoms with Gasteiger partial charge in [-0.25, -0.2) is 0 Å². The van der Waals surface area contributed by atoms with E-state index in [9.17, 15) is 0 Å². The lowest BCUT2D eigenvalue weighted by Gasteiger charge is -2.15. The second-order valence-electron chi connectivity index (χ2n) is 4.84. The van der Waals surface area contributed by atoms with Gasteiger partial charge in [-0.3, -0.25) is 0 Å². The molecule has 1 aromatic rings. The predicted molar refractivity (Wildman–Crippen MR) is 73.1 cm³/mol. The summed E-state index contributed by atoms with van der Waals surface area (Å²) in [7, 11) is 0. The van der Waals surface area contributed by atoms with Crippen LogP contribution >= 0.6 is 0 Å². The molecule has 1 rings (SSSR count). The highest BCUT2D eigenvalue weighted by molar-refractivity contribution is 5.46. The van der Waals surface area contributed by atoms with Gasteiger partial charge in [0.2, 0.25) is 0 Å². The lowest BCUT2D eigenvalue weighted by molar-refractivity contribution is 0.519. The zero-order valence-corrected chi connectivity index (χ0v) is 11.1. The third-order valence-corrected chi connectivity index (χ3v) is 3.30. The molecule has 0 amide bonds. The van der Waals surface area contributed by atoms with Crippen molar-refractivity contribution in [2.45, 2.75) is 46.5 Å². The molecule has 0 aliphatic rings. The van der Waals surface area contributed by atoms with Gasteiger partial charge in [-0.05, 0) is 29.5 Å². The maximum Gasteiger partial charge on any atom is 0.0343 e. The number of benzene rings is 1. The third kappa shape index (κ3) is 3.88. The van der Waals surface area contributed by atoms with Gasteiger partial charge < -0.3 is 5.32 Å². The molecule has 16 heavy (non-hydrogen) atoms. The summed E-state index contributed by atoms with van der Waals surface area (Å²) >= 11 is 0. The molecule has 0 aliphatic carbocycles. The first-order chi connectivity index (χ1) is 7.67. The van der Waals surface area contributed by atoms with Crippen LogP contribution in [-0.2, 0) is 0 Å². The van der Waals surface area contributed by atoms with E-state index in [-0.39, 0.29) is 0 Å². The third-order valence-electron chi connectivity index (χ3n) is 3.30. The number of hydrogen-bond acceptors (Lipinski definition) is 1. The van der Waals surface area contributed by atoms with Crippen LogP contribution in [0.3, 0.4) is 0 Å². The molecule has 0 heterocycles. The van der Waals surface area contributed by atoms with E-state index in [2.05, 4.69) is 57.3 Å². The smallest absolute Gasteiger partial charge is 0.0343 e. The highest BCUT2D eigenvalue weighted by Gasteiger charge is 2.04. The maximum atomic E-state index is 3.54. The number of hydrogen-bond donors (Lipinski definition) is 1. The molecule has 1 heteroatoms. The van der Waals surface area contributed by atoms with E-state index in [1.807, 2.05) is 0 Å². The van der Waals surface area contributed by atoms with Crippen LogP contribution in [-0.4, -0.2) is 6.54 Å². The molecule has 0 saturated heterocycles. The highest BCUT2D eigenvalue weighted by atomic mass is 14.9. The fourth-order valence-electron chi connectivity index (χ4n) is 1.85. The number of nitrogens with one attached hydrogen (secondary N) is 1. The number of rotatable bonds is 6. The van der Waals surface area contributed by atoms with Crippen LogP contribution in [0.15, 0.2) is 24.3 Å². The summed E-state index contributed by atoms with van der Waals surface area (Å²) in [5.41, 5.74) is 2.67. The second-order valence-corrected chi connectivity index (χ2v) is 4.84. The average molecular weight is 219 g/mol. The Morgan fingerprint density at radius 3 is 2.38 bits per heavy atom. The molecule has 0 atom stereocenters. The van der Waals surface area contributed by atoms with Crippen LogP contribution in [0.5, 0.6) is 0 Å². The van der Waals surface area contributed by atoms with Crippen LogP contribution < -0.4 is 5.32 Å². The molecule has 0 aromatic heterocycles. The van der Waals surface area contributed by atoms with Crippen molar-refractivity contribution in [1.82, 2.24) is 0 Å². The van der Waals surface area contributed by atoms with Gasteiger partial charge in [0.1, 0.15) is 0 Å². The van der Waals surface area contributed by atoms with Crippen molar-refractivity contribution in [2.75, 3.05) is 11.9 Å². The minimum absolute atomic E-state index is 0.606. The Hall–Kier alpha value is -0.980. The quantitative estimate of drug-likeness (QED) is 0.734. The van der Waals surface area contributed by atoms with Gasteiger partial charge in [0, 0.05) is 12.2 Å². The van der Waals surface area contributed by atoms with Gasteiger partial charge in [0.15, 0.2) is 0 Å². The lowest BCUT2D eigenvalue weighted by atomic mass is 10.0. The van der Waals surface area contributed by atoms with E-state index < -0.39 is 0 Å². The van der Waals surface area contributed by atoms with Gasteiger partial charge in [-0.15, -0.1) is 0 Å². The summed E-state index contributed by atoms with van der Waals surface area (Å²) < 4.78 is 0. The second kappa shape index (κ2) is 6.57. The maximum absolute atomic E-state index is 3.54. The summed E-state index contributed by atoms with van der Waals surface area (Å²) in [4.78, 5) is 0. The number of anilines is 1. The first-order valence-electron chi connectivity index (χ1n) is 6.51. The molecule has 90 valence electrons. The largest absolute Gasteiger partial charge is 0.385 e. The van der Waals surface area contributed by atoms with Crippen LogP contribution in [0, 0.1) is 5.92 Å². The van der Waals surface area contributed by atoms with Crippen molar-refractivity contribution < 1.29 is 0 Å². The molecule has 0 fully saturated rings. The van der Waals surface area contributed by atoms with Crippen molar-refractivity contribution in [1.29, 1.82) is 0 Å². The Bertz CT molecular complexity index is 300. The SMILES string of the molecule is CCC(CC)CNc1cccc(C(C)C)c1. The molecule has 0 unspecified atom stereocenters. The first-order valence-corrected chi connectivity index (χ1v) is 6.51. The molecule has 0 aliphatic heterocycles. The van der Waals surface area contributed by atoms with Gasteiger partial charge in [-0.1, -0.05) is 52.7 Å². The Balaban J connectivity index is 2.56. The van der Waals surface area contributed by atoms with Gasteiger partial charge >= 0.3 is 0 Å². The summed E-state index contributed by atoms with van der Waals surface area (Å²) in [5.74, 6) is 1.40. The van der Waals surface area contributed by atoms with Crippen molar-refractivity contribution >= 4 is 5.69 Å². The van der Waals surface area contributed by atoms with E-state index in [0.29, 0.717) is 5.92 Å². The monoisotopic (exact) mass is 219 g/mol. The van der Waals surface area contributed by atoms with Crippen molar-refractivity contribution in [3.63, 3.8) is 0 Å². The van der Waals surface area contributed by atoms with E-state index in [1.165, 1.54) is 24.1 Å². The zero-order chi connectivity index (χ0) is 12.0. The van der Waals surface area contributed by atoms with Crippen LogP contribution in [0.1, 0.15) is 52.0 Å². The summed E-state index contributed by atoms with van der Waals surface area (Å²) in [6, 6.07) is 8.78. The van der Waals surface area contributed by atoms with Crippen LogP contribution in [0.2, 0.25) is 0 Å². The van der Waals surface area contributed by atoms with E-state index in [1.54, 1.807) is 0 Å². The Morgan fingerprint density at radius 1 is 1.12 bits per heavy atom. The molecular weight excluding hydrogens is 194 g/mol.